The molecular weight excluding hydrogens is 304 g/mol. The normalized spacial score (nSPS) is 14.0. The van der Waals surface area contributed by atoms with Crippen LogP contribution in [0.4, 0.5) is 0 Å². The van der Waals surface area contributed by atoms with Crippen LogP contribution >= 0.6 is 0 Å². The van der Waals surface area contributed by atoms with Gasteiger partial charge >= 0.3 is 0 Å². The third-order valence-electron chi connectivity index (χ3n) is 3.94. The zero-order chi connectivity index (χ0) is 16.5. The van der Waals surface area contributed by atoms with Gasteiger partial charge in [0.2, 0.25) is 0 Å². The van der Waals surface area contributed by atoms with Crippen molar-refractivity contribution in [2.24, 2.45) is 0 Å². The van der Waals surface area contributed by atoms with Gasteiger partial charge in [0.15, 0.2) is 0 Å². The fraction of sp³-hybridized carbons (Fsp3) is 0.471. The summed E-state index contributed by atoms with van der Waals surface area (Å²) < 4.78 is 7.60. The first-order chi connectivity index (χ1) is 10.1. The van der Waals surface area contributed by atoms with E-state index in [9.17, 15) is 0 Å². The minimum absolute atomic E-state index is 0.357. The zero-order valence-corrected chi connectivity index (χ0v) is 16.8. The summed E-state index contributed by atoms with van der Waals surface area (Å²) in [7, 11) is -1.20. The van der Waals surface area contributed by atoms with Crippen molar-refractivity contribution in [3.05, 3.63) is 42.1 Å². The van der Waals surface area contributed by atoms with Crippen molar-refractivity contribution in [1.29, 1.82) is 0 Å². The van der Waals surface area contributed by atoms with E-state index in [0.29, 0.717) is 5.67 Å². The van der Waals surface area contributed by atoms with E-state index in [1.54, 1.807) is 7.11 Å². The number of rotatable bonds is 5. The Morgan fingerprint density at radius 1 is 0.955 bits per heavy atom. The maximum Gasteiger partial charge on any atom is 0.118 e. The van der Waals surface area contributed by atoms with Gasteiger partial charge in [-0.1, -0.05) is 51.4 Å². The zero-order valence-electron chi connectivity index (χ0n) is 14.8. The Morgan fingerprint density at radius 2 is 1.55 bits per heavy atom. The summed E-state index contributed by atoms with van der Waals surface area (Å²) >= 11 is 0. The highest BCUT2D eigenvalue weighted by Gasteiger charge is 2.34. The number of ether oxygens (including phenoxy) is 1. The molecule has 0 bridgehead atoms. The van der Waals surface area contributed by atoms with Crippen molar-refractivity contribution in [2.75, 3.05) is 7.11 Å². The Balaban J connectivity index is 2.55. The lowest BCUT2D eigenvalue weighted by molar-refractivity contribution is 0.414. The van der Waals surface area contributed by atoms with Crippen molar-refractivity contribution < 1.29 is 4.74 Å². The molecule has 0 amide bonds. The molecule has 0 N–H and O–H groups in total. The predicted molar refractivity (Wildman–Crippen MR) is 99.7 cm³/mol. The molecule has 1 aromatic heterocycles. The van der Waals surface area contributed by atoms with Crippen molar-refractivity contribution in [2.45, 2.75) is 44.9 Å². The van der Waals surface area contributed by atoms with Crippen LogP contribution in [0.25, 0.3) is 0 Å². The monoisotopic (exact) mass is 332 g/mol. The van der Waals surface area contributed by atoms with Crippen LogP contribution in [0.5, 0.6) is 5.75 Å². The van der Waals surface area contributed by atoms with E-state index in [2.05, 4.69) is 74.3 Å². The second-order valence-corrected chi connectivity index (χ2v) is 18.2. The molecule has 0 radical (unpaired) electrons. The number of hydrogen-bond acceptors (Lipinski definition) is 2. The Labute approximate surface area is 136 Å². The highest BCUT2D eigenvalue weighted by molar-refractivity contribution is 6.88. The van der Waals surface area contributed by atoms with Gasteiger partial charge in [0.1, 0.15) is 13.8 Å². The van der Waals surface area contributed by atoms with Crippen LogP contribution < -0.4 is 10.1 Å². The minimum Gasteiger partial charge on any atom is -0.497 e. The van der Waals surface area contributed by atoms with Crippen LogP contribution in [-0.4, -0.2) is 33.0 Å². The third-order valence-corrected chi connectivity index (χ3v) is 8.09. The number of aromatic nitrogens is 2. The molecule has 1 aromatic carbocycles. The van der Waals surface area contributed by atoms with Crippen molar-refractivity contribution in [3.8, 4) is 5.75 Å². The van der Waals surface area contributed by atoms with Gasteiger partial charge in [0.05, 0.1) is 20.8 Å². The fourth-order valence-corrected chi connectivity index (χ4v) is 6.62. The Bertz CT molecular complexity index is 621. The van der Waals surface area contributed by atoms with Crippen LogP contribution in [0.1, 0.15) is 11.2 Å². The minimum atomic E-state index is -1.49. The molecule has 22 heavy (non-hydrogen) atoms. The van der Waals surface area contributed by atoms with Crippen LogP contribution in [0.3, 0.4) is 0 Å². The number of benzene rings is 1. The summed E-state index contributed by atoms with van der Waals surface area (Å²) in [6, 6.07) is 10.7. The molecular formula is C17H28N2OSi2. The Morgan fingerprint density at radius 3 is 2.00 bits per heavy atom. The SMILES string of the molecule is COc1ccc(C(n2nccc2[Si](C)(C)C)[Si](C)(C)C)cc1. The molecule has 2 rings (SSSR count). The predicted octanol–water partition coefficient (Wildman–Crippen LogP) is 3.90. The summed E-state index contributed by atoms with van der Waals surface area (Å²) in [5.74, 6) is 0.906. The topological polar surface area (TPSA) is 27.1 Å². The van der Waals surface area contributed by atoms with Crippen LogP contribution in [-0.2, 0) is 0 Å². The molecule has 0 aliphatic rings. The molecule has 0 spiro atoms. The summed E-state index contributed by atoms with van der Waals surface area (Å²) in [5, 5.41) is 6.15. The molecule has 2 aromatic rings. The average molecular weight is 333 g/mol. The number of nitrogens with zero attached hydrogens (tertiary/aromatic N) is 2. The lowest BCUT2D eigenvalue weighted by atomic mass is 10.2. The first-order valence-electron chi connectivity index (χ1n) is 7.82. The molecule has 1 unspecified atom stereocenters. The van der Waals surface area contributed by atoms with Crippen LogP contribution in [0.15, 0.2) is 36.5 Å². The maximum atomic E-state index is 5.30. The summed E-state index contributed by atoms with van der Waals surface area (Å²) in [6.07, 6.45) is 1.96. The van der Waals surface area contributed by atoms with Crippen molar-refractivity contribution in [1.82, 2.24) is 9.78 Å². The van der Waals surface area contributed by atoms with Gasteiger partial charge in [0.25, 0.3) is 0 Å². The van der Waals surface area contributed by atoms with Gasteiger partial charge in [-0.25, -0.2) is 0 Å². The maximum absolute atomic E-state index is 5.30. The van der Waals surface area contributed by atoms with Crippen LogP contribution in [0, 0.1) is 0 Å². The first kappa shape index (κ1) is 17.0. The highest BCUT2D eigenvalue weighted by Crippen LogP contribution is 2.29. The molecule has 0 aliphatic heterocycles. The van der Waals surface area contributed by atoms with E-state index in [1.807, 2.05) is 6.20 Å². The summed E-state index contributed by atoms with van der Waals surface area (Å²) in [5.41, 5.74) is 1.69. The van der Waals surface area contributed by atoms with Crippen molar-refractivity contribution in [3.63, 3.8) is 0 Å². The van der Waals surface area contributed by atoms with Gasteiger partial charge in [-0.3, -0.25) is 4.68 Å². The molecule has 5 heteroatoms. The summed E-state index contributed by atoms with van der Waals surface area (Å²) in [4.78, 5) is 0. The smallest absolute Gasteiger partial charge is 0.118 e. The molecule has 0 saturated heterocycles. The van der Waals surface area contributed by atoms with E-state index in [0.717, 1.165) is 5.75 Å². The summed E-state index contributed by atoms with van der Waals surface area (Å²) in [6.45, 7) is 14.4. The third kappa shape index (κ3) is 3.52. The average Bonchev–Trinajstić information content (AvgIpc) is 2.87. The lowest BCUT2D eigenvalue weighted by Crippen LogP contribution is -2.49. The highest BCUT2D eigenvalue weighted by atomic mass is 28.3. The molecule has 0 fully saturated rings. The number of methoxy groups -OCH3 is 1. The second-order valence-electron chi connectivity index (χ2n) is 7.95. The van der Waals surface area contributed by atoms with Crippen LogP contribution in [0.2, 0.25) is 39.3 Å². The first-order valence-corrected chi connectivity index (χ1v) is 14.9. The molecule has 0 saturated carbocycles. The van der Waals surface area contributed by atoms with Crippen molar-refractivity contribution >= 4 is 21.5 Å². The molecule has 0 aliphatic carbocycles. The van der Waals surface area contributed by atoms with E-state index in [1.165, 1.54) is 10.9 Å². The molecule has 1 atom stereocenters. The van der Waals surface area contributed by atoms with Gasteiger partial charge in [0, 0.05) is 11.5 Å². The van der Waals surface area contributed by atoms with Gasteiger partial charge < -0.3 is 4.74 Å². The number of hydrogen-bond donors (Lipinski definition) is 0. The lowest BCUT2D eigenvalue weighted by Gasteiger charge is -2.33. The van der Waals surface area contributed by atoms with Gasteiger partial charge in [-0.2, -0.15) is 5.10 Å². The Hall–Kier alpha value is -1.34. The largest absolute Gasteiger partial charge is 0.497 e. The standard InChI is InChI=1S/C17H28N2OSi2/c1-20-15-10-8-14(9-11-15)17(22(5,6)7)19-16(12-13-18-19)21(2,3)4/h8-13,17H,1-7H3. The quantitative estimate of drug-likeness (QED) is 0.776. The second kappa shape index (κ2) is 6.04. The van der Waals surface area contributed by atoms with Gasteiger partial charge in [-0.15, -0.1) is 0 Å². The molecule has 1 heterocycles. The molecule has 3 nitrogen and oxygen atoms in total. The van der Waals surface area contributed by atoms with E-state index in [-0.39, 0.29) is 0 Å². The fourth-order valence-electron chi connectivity index (χ4n) is 2.91. The van der Waals surface area contributed by atoms with E-state index in [4.69, 9.17) is 9.84 Å². The van der Waals surface area contributed by atoms with Gasteiger partial charge in [-0.05, 0) is 23.8 Å². The molecule has 120 valence electrons. The van der Waals surface area contributed by atoms with E-state index < -0.39 is 16.1 Å². The Kier molecular flexibility index (Phi) is 4.68. The van der Waals surface area contributed by atoms with E-state index >= 15 is 0 Å².